The maximum Gasteiger partial charge on any atom is 0.158 e. The van der Waals surface area contributed by atoms with Gasteiger partial charge >= 0.3 is 0 Å². The summed E-state index contributed by atoms with van der Waals surface area (Å²) in [6.45, 7) is 0.836. The highest BCUT2D eigenvalue weighted by atomic mass is 16.1. The van der Waals surface area contributed by atoms with Crippen molar-refractivity contribution in [1.29, 1.82) is 0 Å². The molecule has 4 rings (SSSR count). The van der Waals surface area contributed by atoms with Gasteiger partial charge in [0.1, 0.15) is 0 Å². The topological polar surface area (TPSA) is 44.9 Å². The van der Waals surface area contributed by atoms with Gasteiger partial charge in [0.05, 0.1) is 0 Å². The smallest absolute Gasteiger partial charge is 0.158 e. The minimum Gasteiger partial charge on any atom is -0.388 e. The first-order valence-electron chi connectivity index (χ1n) is 8.87. The summed E-state index contributed by atoms with van der Waals surface area (Å²) in [6.07, 6.45) is 6.32. The van der Waals surface area contributed by atoms with Crippen LogP contribution in [0.2, 0.25) is 0 Å². The highest BCUT2D eigenvalue weighted by Crippen LogP contribution is 2.30. The van der Waals surface area contributed by atoms with E-state index >= 15 is 0 Å². The first-order valence-corrected chi connectivity index (χ1v) is 8.87. The Bertz CT molecular complexity index is 908. The van der Waals surface area contributed by atoms with Crippen LogP contribution in [-0.2, 0) is 11.2 Å². The van der Waals surface area contributed by atoms with Gasteiger partial charge in [-0.15, -0.1) is 0 Å². The number of para-hydroxylation sites is 1. The second-order valence-electron chi connectivity index (χ2n) is 6.69. The molecule has 0 saturated carbocycles. The molecule has 0 saturated heterocycles. The normalized spacial score (nSPS) is 17.5. The number of allylic oxidation sites excluding steroid dienone is 2. The molecular formula is C22H22N2O. The third-order valence-corrected chi connectivity index (χ3v) is 4.94. The molecule has 1 aliphatic rings. The molecule has 126 valence electrons. The van der Waals surface area contributed by atoms with Gasteiger partial charge in [-0.1, -0.05) is 48.5 Å². The Kier molecular flexibility index (Phi) is 4.38. The standard InChI is InChI=1S/C22H22N2O/c25-20-13-18(16-6-2-1-3-7-16)12-19(14-20)23-11-10-17-15-24-22-9-5-4-8-21(17)22/h1-9,14-15,18,23-24H,10-13H2. The Labute approximate surface area is 147 Å². The number of carbonyl (C=O) groups is 1. The predicted molar refractivity (Wildman–Crippen MR) is 102 cm³/mol. The van der Waals surface area contributed by atoms with Gasteiger partial charge in [0.15, 0.2) is 5.78 Å². The summed E-state index contributed by atoms with van der Waals surface area (Å²) in [6, 6.07) is 18.7. The van der Waals surface area contributed by atoms with E-state index in [-0.39, 0.29) is 11.7 Å². The van der Waals surface area contributed by atoms with Crippen LogP contribution in [0.5, 0.6) is 0 Å². The molecule has 0 spiro atoms. The molecule has 0 bridgehead atoms. The van der Waals surface area contributed by atoms with Crippen LogP contribution in [0.3, 0.4) is 0 Å². The van der Waals surface area contributed by atoms with E-state index in [9.17, 15) is 4.79 Å². The second-order valence-corrected chi connectivity index (χ2v) is 6.69. The third kappa shape index (κ3) is 3.50. The van der Waals surface area contributed by atoms with E-state index in [1.165, 1.54) is 22.0 Å². The van der Waals surface area contributed by atoms with Gasteiger partial charge in [0, 0.05) is 41.8 Å². The van der Waals surface area contributed by atoms with Gasteiger partial charge in [-0.05, 0) is 36.0 Å². The minimum atomic E-state index is 0.217. The lowest BCUT2D eigenvalue weighted by Gasteiger charge is -2.23. The van der Waals surface area contributed by atoms with Gasteiger partial charge < -0.3 is 10.3 Å². The zero-order valence-electron chi connectivity index (χ0n) is 14.2. The lowest BCUT2D eigenvalue weighted by atomic mass is 9.85. The summed E-state index contributed by atoms with van der Waals surface area (Å²) >= 11 is 0. The van der Waals surface area contributed by atoms with Crippen molar-refractivity contribution in [3.05, 3.63) is 83.7 Å². The van der Waals surface area contributed by atoms with Crippen molar-refractivity contribution in [2.24, 2.45) is 0 Å². The number of fused-ring (bicyclic) bond motifs is 1. The number of carbonyl (C=O) groups excluding carboxylic acids is 1. The molecule has 0 fully saturated rings. The number of H-pyrrole nitrogens is 1. The number of hydrogen-bond acceptors (Lipinski definition) is 2. The average Bonchev–Trinajstić information content (AvgIpc) is 3.05. The summed E-state index contributed by atoms with van der Waals surface area (Å²) < 4.78 is 0. The zero-order valence-corrected chi connectivity index (χ0v) is 14.2. The lowest BCUT2D eigenvalue weighted by Crippen LogP contribution is -2.23. The van der Waals surface area contributed by atoms with Crippen LogP contribution in [0.4, 0.5) is 0 Å². The van der Waals surface area contributed by atoms with E-state index in [4.69, 9.17) is 0 Å². The molecule has 25 heavy (non-hydrogen) atoms. The summed E-state index contributed by atoms with van der Waals surface area (Å²) in [5.41, 5.74) is 4.80. The van der Waals surface area contributed by atoms with Crippen molar-refractivity contribution in [2.75, 3.05) is 6.54 Å². The maximum absolute atomic E-state index is 12.1. The Morgan fingerprint density at radius 2 is 1.80 bits per heavy atom. The molecule has 2 aromatic carbocycles. The van der Waals surface area contributed by atoms with E-state index in [0.717, 1.165) is 25.1 Å². The molecule has 1 aliphatic carbocycles. The van der Waals surface area contributed by atoms with Crippen LogP contribution in [-0.4, -0.2) is 17.3 Å². The van der Waals surface area contributed by atoms with E-state index in [2.05, 4.69) is 46.8 Å². The highest BCUT2D eigenvalue weighted by Gasteiger charge is 2.21. The molecule has 0 radical (unpaired) electrons. The van der Waals surface area contributed by atoms with Crippen molar-refractivity contribution in [1.82, 2.24) is 10.3 Å². The fourth-order valence-electron chi connectivity index (χ4n) is 3.67. The van der Waals surface area contributed by atoms with Crippen molar-refractivity contribution in [3.8, 4) is 0 Å². The Hall–Kier alpha value is -2.81. The molecule has 0 amide bonds. The van der Waals surface area contributed by atoms with E-state index < -0.39 is 0 Å². The van der Waals surface area contributed by atoms with Crippen LogP contribution < -0.4 is 5.32 Å². The van der Waals surface area contributed by atoms with Crippen LogP contribution in [0.15, 0.2) is 72.6 Å². The summed E-state index contributed by atoms with van der Waals surface area (Å²) in [4.78, 5) is 15.4. The van der Waals surface area contributed by atoms with E-state index in [1.807, 2.05) is 24.3 Å². The summed E-state index contributed by atoms with van der Waals surface area (Å²) in [7, 11) is 0. The van der Waals surface area contributed by atoms with Gasteiger partial charge in [-0.3, -0.25) is 4.79 Å². The first kappa shape index (κ1) is 15.7. The number of benzene rings is 2. The number of ketones is 1. The fourth-order valence-corrected chi connectivity index (χ4v) is 3.67. The number of aromatic amines is 1. The molecular weight excluding hydrogens is 308 g/mol. The fraction of sp³-hybridized carbons (Fsp3) is 0.227. The van der Waals surface area contributed by atoms with Crippen molar-refractivity contribution in [3.63, 3.8) is 0 Å². The summed E-state index contributed by atoms with van der Waals surface area (Å²) in [5, 5.41) is 4.76. The van der Waals surface area contributed by atoms with Crippen LogP contribution in [0, 0.1) is 0 Å². The molecule has 1 heterocycles. The van der Waals surface area contributed by atoms with Gasteiger partial charge in [0.25, 0.3) is 0 Å². The molecule has 3 aromatic rings. The Morgan fingerprint density at radius 3 is 2.68 bits per heavy atom. The molecule has 3 heteroatoms. The number of rotatable bonds is 5. The SMILES string of the molecule is O=C1C=C(NCCc2c[nH]c3ccccc23)CC(c2ccccc2)C1. The minimum absolute atomic E-state index is 0.217. The van der Waals surface area contributed by atoms with Gasteiger partial charge in [-0.25, -0.2) is 0 Å². The largest absolute Gasteiger partial charge is 0.388 e. The Balaban J connectivity index is 1.40. The molecule has 3 nitrogen and oxygen atoms in total. The van der Waals surface area contributed by atoms with Crippen molar-refractivity contribution in [2.45, 2.75) is 25.2 Å². The van der Waals surface area contributed by atoms with Crippen molar-refractivity contribution >= 4 is 16.7 Å². The van der Waals surface area contributed by atoms with Crippen LogP contribution in [0.1, 0.15) is 29.9 Å². The van der Waals surface area contributed by atoms with Crippen LogP contribution in [0.25, 0.3) is 10.9 Å². The second kappa shape index (κ2) is 6.98. The van der Waals surface area contributed by atoms with Gasteiger partial charge in [0.2, 0.25) is 0 Å². The van der Waals surface area contributed by atoms with Crippen LogP contribution >= 0.6 is 0 Å². The molecule has 1 unspecified atom stereocenters. The first-order chi connectivity index (χ1) is 12.3. The molecule has 0 aliphatic heterocycles. The van der Waals surface area contributed by atoms with E-state index in [0.29, 0.717) is 6.42 Å². The monoisotopic (exact) mass is 330 g/mol. The zero-order chi connectivity index (χ0) is 17.1. The number of nitrogens with one attached hydrogen (secondary N) is 2. The molecule has 2 N–H and O–H groups in total. The van der Waals surface area contributed by atoms with Gasteiger partial charge in [-0.2, -0.15) is 0 Å². The quantitative estimate of drug-likeness (QED) is 0.731. The Morgan fingerprint density at radius 1 is 1.00 bits per heavy atom. The number of aromatic nitrogens is 1. The lowest BCUT2D eigenvalue weighted by molar-refractivity contribution is -0.115. The third-order valence-electron chi connectivity index (χ3n) is 4.94. The average molecular weight is 330 g/mol. The predicted octanol–water partition coefficient (Wildman–Crippen LogP) is 4.33. The molecule has 1 aromatic heterocycles. The molecule has 1 atom stereocenters. The van der Waals surface area contributed by atoms with Crippen molar-refractivity contribution < 1.29 is 4.79 Å². The number of hydrogen-bond donors (Lipinski definition) is 2. The maximum atomic E-state index is 12.1. The van der Waals surface area contributed by atoms with E-state index in [1.54, 1.807) is 6.08 Å². The highest BCUT2D eigenvalue weighted by molar-refractivity contribution is 5.92. The summed E-state index contributed by atoms with van der Waals surface area (Å²) in [5.74, 6) is 0.504.